The number of hydrogen-bond acceptors (Lipinski definition) is 13. The van der Waals surface area contributed by atoms with Gasteiger partial charge in [0.15, 0.2) is 0 Å². The lowest BCUT2D eigenvalue weighted by Gasteiger charge is -2.32. The zero-order valence-corrected chi connectivity index (χ0v) is 52.6. The van der Waals surface area contributed by atoms with Gasteiger partial charge in [0, 0.05) is 49.3 Å². The highest BCUT2D eigenvalue weighted by molar-refractivity contribution is 6.01. The molecule has 0 unspecified atom stereocenters. The minimum atomic E-state index is -1.82. The highest BCUT2D eigenvalue weighted by Gasteiger charge is 2.42. The van der Waals surface area contributed by atoms with E-state index >= 15 is 4.79 Å². The predicted octanol–water partition coefficient (Wildman–Crippen LogP) is 0.192. The van der Waals surface area contributed by atoms with E-state index in [0.717, 1.165) is 0 Å². The number of fused-ring (bicyclic) bond motifs is 2. The standard InChI is InChI=1S/C65H90N14O12/c1-36(2)29-46-59(85)77-51(32-40-19-11-8-12-20-40)65(91)79-28-16-24-52(79)63(89)76-47(30-37(3)4)58(84)73-48(31-39-17-9-7-10-18-39)60(86)75-50(34-54(68)81)61(87)70-45(25-26-53(67)80)57(83)74-49(33-41-35-69-43-22-14-13-21-42(41)43)62(88)78-55(38(5)6)64(90)71-44(23-15-27-66)56(82)72-46/h7-14,17-22,35-38,44-52,55,69H,15-16,23-34,66H2,1-6H3,(H2,67,80)(H2,68,81)(H,70,87)(H,71,90)(H,72,82)(H,73,84)(H,74,83)(H,75,86)(H,76,89)(H,77,85)(H,78,88)/t44-,45+,46-,47-,48+,49-,50-,51-,52-,55-/m1/s1. The predicted molar refractivity (Wildman–Crippen MR) is 339 cm³/mol. The van der Waals surface area contributed by atoms with Gasteiger partial charge in [0.2, 0.25) is 70.9 Å². The van der Waals surface area contributed by atoms with Crippen molar-refractivity contribution in [1.29, 1.82) is 0 Å². The number of hydrogen-bond donors (Lipinski definition) is 13. The van der Waals surface area contributed by atoms with Crippen LogP contribution in [-0.2, 0) is 76.8 Å². The number of carbonyl (C=O) groups is 12. The Morgan fingerprint density at radius 1 is 0.495 bits per heavy atom. The number of rotatable bonds is 19. The maximum atomic E-state index is 15.0. The number of carbonyl (C=O) groups excluding carboxylic acids is 12. The van der Waals surface area contributed by atoms with Crippen molar-refractivity contribution in [2.75, 3.05) is 13.1 Å². The van der Waals surface area contributed by atoms with Gasteiger partial charge in [0.25, 0.3) is 0 Å². The number of benzene rings is 3. The molecule has 1 aromatic heterocycles. The molecule has 10 atom stereocenters. The van der Waals surface area contributed by atoms with Gasteiger partial charge >= 0.3 is 0 Å². The first kappa shape index (κ1) is 70.9. The van der Waals surface area contributed by atoms with Crippen molar-refractivity contribution in [1.82, 2.24) is 57.7 Å². The minimum Gasteiger partial charge on any atom is -0.370 e. The van der Waals surface area contributed by atoms with E-state index in [1.807, 2.05) is 27.7 Å². The summed E-state index contributed by atoms with van der Waals surface area (Å²) in [6.45, 7) is 10.8. The molecule has 492 valence electrons. The average Bonchev–Trinajstić information content (AvgIpc) is 1.92. The third-order valence-electron chi connectivity index (χ3n) is 16.0. The molecule has 91 heavy (non-hydrogen) atoms. The molecule has 3 aromatic carbocycles. The van der Waals surface area contributed by atoms with Gasteiger partial charge in [-0.2, -0.15) is 0 Å². The SMILES string of the molecule is CC(C)C[C@H]1NC(=O)[C@H]2CCCN2C(=O)[C@@H](Cc2ccccc2)NC(=O)[C@@H](CC(C)C)NC(=O)[C@@H](CCCN)NC(=O)[C@@H](C(C)C)NC(=O)[C@@H](Cc2c[nH]c3ccccc23)NC(=O)[C@H](CCC(N)=O)NC(=O)[C@@H](CC(N)=O)NC(=O)[C@H](Cc2ccccc2)NC1=O. The van der Waals surface area contributed by atoms with Gasteiger partial charge in [-0.25, -0.2) is 0 Å². The summed E-state index contributed by atoms with van der Waals surface area (Å²) in [6.07, 6.45) is 0.373. The quantitative estimate of drug-likeness (QED) is 0.0597. The van der Waals surface area contributed by atoms with Crippen molar-refractivity contribution >= 4 is 81.8 Å². The molecule has 16 N–H and O–H groups in total. The summed E-state index contributed by atoms with van der Waals surface area (Å²) in [5.74, 6) is -11.5. The van der Waals surface area contributed by atoms with Crippen molar-refractivity contribution in [3.8, 4) is 0 Å². The van der Waals surface area contributed by atoms with E-state index in [0.29, 0.717) is 34.0 Å². The maximum Gasteiger partial charge on any atom is 0.246 e. The molecule has 2 saturated heterocycles. The Kier molecular flexibility index (Phi) is 26.6. The molecule has 2 aliphatic rings. The van der Waals surface area contributed by atoms with Crippen molar-refractivity contribution in [3.63, 3.8) is 0 Å². The van der Waals surface area contributed by atoms with E-state index in [1.54, 1.807) is 105 Å². The Morgan fingerprint density at radius 3 is 1.51 bits per heavy atom. The second-order valence-electron chi connectivity index (χ2n) is 24.7. The molecule has 3 heterocycles. The van der Waals surface area contributed by atoms with Crippen LogP contribution in [0.3, 0.4) is 0 Å². The van der Waals surface area contributed by atoms with Gasteiger partial charge in [-0.15, -0.1) is 0 Å². The van der Waals surface area contributed by atoms with E-state index < -0.39 is 156 Å². The smallest absolute Gasteiger partial charge is 0.246 e. The van der Waals surface area contributed by atoms with Crippen LogP contribution in [0, 0.1) is 17.8 Å². The van der Waals surface area contributed by atoms with Crippen LogP contribution in [-0.4, -0.2) is 154 Å². The van der Waals surface area contributed by atoms with E-state index in [9.17, 15) is 52.7 Å². The lowest BCUT2D eigenvalue weighted by atomic mass is 9.98. The summed E-state index contributed by atoms with van der Waals surface area (Å²) in [6, 6.07) is 10.3. The van der Waals surface area contributed by atoms with Crippen LogP contribution in [0.1, 0.15) is 116 Å². The number of nitrogens with two attached hydrogens (primary N) is 3. The second-order valence-corrected chi connectivity index (χ2v) is 24.7. The molecule has 0 saturated carbocycles. The molecule has 6 rings (SSSR count). The monoisotopic (exact) mass is 1260 g/mol. The van der Waals surface area contributed by atoms with Crippen LogP contribution in [0.4, 0.5) is 0 Å². The van der Waals surface area contributed by atoms with E-state index in [4.69, 9.17) is 17.2 Å². The van der Waals surface area contributed by atoms with Gasteiger partial charge in [0.1, 0.15) is 60.4 Å². The fourth-order valence-corrected chi connectivity index (χ4v) is 11.3. The van der Waals surface area contributed by atoms with Gasteiger partial charge in [0.05, 0.1) is 6.42 Å². The third kappa shape index (κ3) is 21.2. The number of nitrogens with one attached hydrogen (secondary N) is 10. The average molecular weight is 1260 g/mol. The molecular weight excluding hydrogens is 1170 g/mol. The van der Waals surface area contributed by atoms with Gasteiger partial charge in [-0.05, 0) is 92.0 Å². The lowest BCUT2D eigenvalue weighted by molar-refractivity contribution is -0.142. The summed E-state index contributed by atoms with van der Waals surface area (Å²) in [4.78, 5) is 177. The summed E-state index contributed by atoms with van der Waals surface area (Å²) < 4.78 is 0. The van der Waals surface area contributed by atoms with Crippen LogP contribution >= 0.6 is 0 Å². The van der Waals surface area contributed by atoms with Crippen LogP contribution in [0.15, 0.2) is 91.1 Å². The number of aromatic nitrogens is 1. The van der Waals surface area contributed by atoms with Crippen LogP contribution < -0.4 is 65.1 Å². The van der Waals surface area contributed by atoms with Gasteiger partial charge in [-0.1, -0.05) is 120 Å². The fraction of sp³-hybridized carbons (Fsp3) is 0.508. The topological polar surface area (TPSA) is 410 Å². The normalized spacial score (nSPS) is 24.3. The molecule has 2 aliphatic heterocycles. The Balaban J connectivity index is 1.46. The number of aromatic amines is 1. The summed E-state index contributed by atoms with van der Waals surface area (Å²) in [5, 5.41) is 25.2. The second kappa shape index (κ2) is 34.1. The number of nitrogens with zero attached hydrogens (tertiary/aromatic N) is 1. The first-order chi connectivity index (χ1) is 43.3. The number of amides is 12. The van der Waals surface area contributed by atoms with Crippen molar-refractivity contribution in [3.05, 3.63) is 108 Å². The Morgan fingerprint density at radius 2 is 0.945 bits per heavy atom. The first-order valence-electron chi connectivity index (χ1n) is 31.2. The van der Waals surface area contributed by atoms with Crippen LogP contribution in [0.2, 0.25) is 0 Å². The summed E-state index contributed by atoms with van der Waals surface area (Å²) in [7, 11) is 0. The lowest BCUT2D eigenvalue weighted by Crippen LogP contribution is -2.62. The molecule has 2 fully saturated rings. The minimum absolute atomic E-state index is 0.00796. The zero-order valence-electron chi connectivity index (χ0n) is 52.6. The number of H-pyrrole nitrogens is 1. The molecule has 4 aromatic rings. The van der Waals surface area contributed by atoms with Crippen molar-refractivity contribution in [2.24, 2.45) is 35.0 Å². The molecule has 0 spiro atoms. The molecule has 12 amide bonds. The Hall–Kier alpha value is -9.20. The van der Waals surface area contributed by atoms with Gasteiger partial charge in [-0.3, -0.25) is 57.5 Å². The van der Waals surface area contributed by atoms with E-state index in [-0.39, 0.29) is 76.3 Å². The Bertz CT molecular complexity index is 3210. The number of para-hydroxylation sites is 1. The van der Waals surface area contributed by atoms with E-state index in [1.165, 1.54) is 4.90 Å². The third-order valence-corrected chi connectivity index (χ3v) is 16.0. The molecular formula is C65H90N14O12. The largest absolute Gasteiger partial charge is 0.370 e. The Labute approximate surface area is 530 Å². The highest BCUT2D eigenvalue weighted by atomic mass is 16.2. The molecule has 26 nitrogen and oxygen atoms in total. The molecule has 0 aliphatic carbocycles. The van der Waals surface area contributed by atoms with Crippen molar-refractivity contribution in [2.45, 2.75) is 179 Å². The first-order valence-corrected chi connectivity index (χ1v) is 31.2. The number of primary amides is 2. The van der Waals surface area contributed by atoms with E-state index in [2.05, 4.69) is 52.8 Å². The molecule has 26 heteroatoms. The van der Waals surface area contributed by atoms with Crippen molar-refractivity contribution < 1.29 is 57.5 Å². The van der Waals surface area contributed by atoms with Crippen LogP contribution in [0.25, 0.3) is 10.9 Å². The molecule has 0 radical (unpaired) electrons. The maximum absolute atomic E-state index is 15.0. The fourth-order valence-electron chi connectivity index (χ4n) is 11.3. The van der Waals surface area contributed by atoms with Crippen LogP contribution in [0.5, 0.6) is 0 Å². The zero-order chi connectivity index (χ0) is 66.5. The van der Waals surface area contributed by atoms with Gasteiger partial charge < -0.3 is 74.9 Å². The summed E-state index contributed by atoms with van der Waals surface area (Å²) in [5.41, 5.74) is 19.6. The molecule has 0 bridgehead atoms. The highest BCUT2D eigenvalue weighted by Crippen LogP contribution is 2.23. The summed E-state index contributed by atoms with van der Waals surface area (Å²) >= 11 is 0.